The molecule has 2 amide bonds. The van der Waals surface area contributed by atoms with Gasteiger partial charge in [-0.15, -0.1) is 0 Å². The number of nitrogens with one attached hydrogen (secondary N) is 1. The lowest BCUT2D eigenvalue weighted by Crippen LogP contribution is -2.45. The minimum atomic E-state index is 0.0423. The van der Waals surface area contributed by atoms with Crippen LogP contribution in [-0.2, 0) is 16.1 Å². The molecule has 0 saturated carbocycles. The van der Waals surface area contributed by atoms with Gasteiger partial charge >= 0.3 is 0 Å². The zero-order chi connectivity index (χ0) is 22.7. The summed E-state index contributed by atoms with van der Waals surface area (Å²) >= 11 is 1.57. The van der Waals surface area contributed by atoms with Crippen molar-refractivity contribution in [2.75, 3.05) is 31.6 Å². The molecule has 168 valence electrons. The predicted octanol–water partition coefficient (Wildman–Crippen LogP) is 3.90. The maximum absolute atomic E-state index is 13.5. The number of thiazole rings is 1. The Morgan fingerprint density at radius 1 is 1.12 bits per heavy atom. The molecule has 0 aliphatic carbocycles. The van der Waals surface area contributed by atoms with E-state index in [0.717, 1.165) is 52.4 Å². The van der Waals surface area contributed by atoms with Gasteiger partial charge in [-0.25, -0.2) is 4.98 Å². The van der Waals surface area contributed by atoms with Gasteiger partial charge < -0.3 is 5.32 Å². The summed E-state index contributed by atoms with van der Waals surface area (Å²) in [5.41, 5.74) is 4.41. The molecule has 32 heavy (non-hydrogen) atoms. The Kier molecular flexibility index (Phi) is 6.86. The summed E-state index contributed by atoms with van der Waals surface area (Å²) in [6.07, 6.45) is 1.57. The van der Waals surface area contributed by atoms with Gasteiger partial charge in [-0.1, -0.05) is 47.7 Å². The van der Waals surface area contributed by atoms with Crippen LogP contribution >= 0.6 is 11.3 Å². The Labute approximate surface area is 193 Å². The number of benzene rings is 2. The lowest BCUT2D eigenvalue weighted by Gasteiger charge is -2.32. The lowest BCUT2D eigenvalue weighted by molar-refractivity contribution is -0.126. The van der Waals surface area contributed by atoms with Gasteiger partial charge in [0.15, 0.2) is 5.13 Å². The average Bonchev–Trinajstić information content (AvgIpc) is 3.25. The molecular weight excluding hydrogens is 420 g/mol. The first-order valence-corrected chi connectivity index (χ1v) is 11.9. The van der Waals surface area contributed by atoms with Crippen LogP contribution in [0.5, 0.6) is 0 Å². The predicted molar refractivity (Wildman–Crippen MR) is 130 cm³/mol. The Bertz CT molecular complexity index is 1100. The highest BCUT2D eigenvalue weighted by molar-refractivity contribution is 7.22. The monoisotopic (exact) mass is 450 g/mol. The lowest BCUT2D eigenvalue weighted by atomic mass is 9.96. The summed E-state index contributed by atoms with van der Waals surface area (Å²) < 4.78 is 1.10. The van der Waals surface area contributed by atoms with Gasteiger partial charge in [0.25, 0.3) is 0 Å². The number of anilines is 1. The molecule has 6 nitrogen and oxygen atoms in total. The highest BCUT2D eigenvalue weighted by Crippen LogP contribution is 2.33. The van der Waals surface area contributed by atoms with E-state index in [2.05, 4.69) is 36.2 Å². The molecule has 0 radical (unpaired) electrons. The number of carbonyl (C=O) groups is 2. The number of hydrogen-bond donors (Lipinski definition) is 1. The molecular formula is C25H30N4O2S. The Morgan fingerprint density at radius 2 is 1.84 bits per heavy atom. The van der Waals surface area contributed by atoms with Crippen molar-refractivity contribution in [1.82, 2.24) is 15.2 Å². The van der Waals surface area contributed by atoms with Gasteiger partial charge in [-0.3, -0.25) is 19.4 Å². The minimum absolute atomic E-state index is 0.0423. The molecule has 4 rings (SSSR count). The van der Waals surface area contributed by atoms with Crippen LogP contribution in [0.1, 0.15) is 29.5 Å². The zero-order valence-corrected chi connectivity index (χ0v) is 19.7. The fourth-order valence-electron chi connectivity index (χ4n) is 4.19. The average molecular weight is 451 g/mol. The fourth-order valence-corrected chi connectivity index (χ4v) is 5.23. The van der Waals surface area contributed by atoms with Gasteiger partial charge in [0.05, 0.1) is 23.3 Å². The first-order chi connectivity index (χ1) is 15.5. The summed E-state index contributed by atoms with van der Waals surface area (Å²) in [5.74, 6) is 0.185. The van der Waals surface area contributed by atoms with Crippen molar-refractivity contribution in [3.8, 4) is 0 Å². The van der Waals surface area contributed by atoms with Gasteiger partial charge in [-0.2, -0.15) is 0 Å². The van der Waals surface area contributed by atoms with E-state index in [1.807, 2.05) is 35.2 Å². The van der Waals surface area contributed by atoms with E-state index in [9.17, 15) is 9.59 Å². The van der Waals surface area contributed by atoms with Crippen LogP contribution in [0.3, 0.4) is 0 Å². The highest BCUT2D eigenvalue weighted by atomic mass is 32.1. The second kappa shape index (κ2) is 9.79. The normalized spacial score (nSPS) is 15.1. The SMILES string of the molecule is CNC(=O)C1CCN(CC(=O)N(Cc2ccccc2)c2nc3c(C)c(C)ccc3s2)CC1. The molecule has 3 aromatic rings. The molecule has 2 heterocycles. The van der Waals surface area contributed by atoms with E-state index >= 15 is 0 Å². The molecule has 1 saturated heterocycles. The molecule has 0 spiro atoms. The van der Waals surface area contributed by atoms with Crippen LogP contribution in [0.15, 0.2) is 42.5 Å². The molecule has 1 aromatic heterocycles. The maximum Gasteiger partial charge on any atom is 0.243 e. The van der Waals surface area contributed by atoms with Crippen molar-refractivity contribution in [3.63, 3.8) is 0 Å². The van der Waals surface area contributed by atoms with Gasteiger partial charge in [0, 0.05) is 13.0 Å². The molecule has 1 aliphatic rings. The molecule has 0 unspecified atom stereocenters. The number of likely N-dealkylation sites (tertiary alicyclic amines) is 1. The number of carbonyl (C=O) groups excluding carboxylic acids is 2. The molecule has 7 heteroatoms. The Hall–Kier alpha value is -2.77. The number of rotatable bonds is 6. The molecule has 1 fully saturated rings. The van der Waals surface area contributed by atoms with E-state index < -0.39 is 0 Å². The second-order valence-corrected chi connectivity index (χ2v) is 9.49. The maximum atomic E-state index is 13.5. The van der Waals surface area contributed by atoms with Crippen LogP contribution in [0.2, 0.25) is 0 Å². The highest BCUT2D eigenvalue weighted by Gasteiger charge is 2.28. The van der Waals surface area contributed by atoms with E-state index in [1.165, 1.54) is 5.56 Å². The van der Waals surface area contributed by atoms with Crippen molar-refractivity contribution >= 4 is 38.5 Å². The van der Waals surface area contributed by atoms with Crippen LogP contribution in [-0.4, -0.2) is 48.4 Å². The third-order valence-corrected chi connectivity index (χ3v) is 7.40. The third-order valence-electron chi connectivity index (χ3n) is 6.35. The van der Waals surface area contributed by atoms with Crippen LogP contribution < -0.4 is 10.2 Å². The third kappa shape index (κ3) is 4.84. The summed E-state index contributed by atoms with van der Waals surface area (Å²) in [7, 11) is 1.68. The van der Waals surface area contributed by atoms with Crippen LogP contribution in [0.25, 0.3) is 10.2 Å². The van der Waals surface area contributed by atoms with Gasteiger partial charge in [0.1, 0.15) is 0 Å². The molecule has 0 bridgehead atoms. The largest absolute Gasteiger partial charge is 0.359 e. The number of fused-ring (bicyclic) bond motifs is 1. The topological polar surface area (TPSA) is 65.5 Å². The number of piperidine rings is 1. The smallest absolute Gasteiger partial charge is 0.243 e. The Balaban J connectivity index is 1.55. The van der Waals surface area contributed by atoms with Gasteiger partial charge in [-0.05, 0) is 62.5 Å². The number of nitrogens with zero attached hydrogens (tertiary/aromatic N) is 3. The summed E-state index contributed by atoms with van der Waals surface area (Å²) in [6, 6.07) is 14.2. The van der Waals surface area contributed by atoms with Crippen molar-refractivity contribution in [2.45, 2.75) is 33.2 Å². The van der Waals surface area contributed by atoms with Crippen LogP contribution in [0, 0.1) is 19.8 Å². The number of aryl methyl sites for hydroxylation is 2. The second-order valence-electron chi connectivity index (χ2n) is 8.48. The number of amides is 2. The van der Waals surface area contributed by atoms with Crippen molar-refractivity contribution in [1.29, 1.82) is 0 Å². The van der Waals surface area contributed by atoms with Crippen molar-refractivity contribution in [3.05, 3.63) is 59.2 Å². The zero-order valence-electron chi connectivity index (χ0n) is 18.9. The van der Waals surface area contributed by atoms with Crippen molar-refractivity contribution < 1.29 is 9.59 Å². The summed E-state index contributed by atoms with van der Waals surface area (Å²) in [4.78, 5) is 34.3. The van der Waals surface area contributed by atoms with E-state index in [0.29, 0.717) is 13.1 Å². The standard InChI is InChI=1S/C25H30N4O2S/c1-17-9-10-21-23(18(17)2)27-25(32-21)29(15-19-7-5-4-6-8-19)22(30)16-28-13-11-20(12-14-28)24(31)26-3/h4-10,20H,11-16H2,1-3H3,(H,26,31). The van der Waals surface area contributed by atoms with E-state index in [1.54, 1.807) is 18.4 Å². The quantitative estimate of drug-likeness (QED) is 0.619. The number of hydrogen-bond acceptors (Lipinski definition) is 5. The molecule has 1 aliphatic heterocycles. The summed E-state index contributed by atoms with van der Waals surface area (Å²) in [5, 5.41) is 3.48. The first-order valence-electron chi connectivity index (χ1n) is 11.1. The van der Waals surface area contributed by atoms with E-state index in [-0.39, 0.29) is 17.7 Å². The van der Waals surface area contributed by atoms with Crippen LogP contribution in [0.4, 0.5) is 5.13 Å². The molecule has 0 atom stereocenters. The first kappa shape index (κ1) is 22.4. The fraction of sp³-hybridized carbons (Fsp3) is 0.400. The van der Waals surface area contributed by atoms with Crippen molar-refractivity contribution in [2.24, 2.45) is 5.92 Å². The van der Waals surface area contributed by atoms with E-state index in [4.69, 9.17) is 4.98 Å². The molecule has 2 aromatic carbocycles. The number of aromatic nitrogens is 1. The Morgan fingerprint density at radius 3 is 2.53 bits per heavy atom. The van der Waals surface area contributed by atoms with Gasteiger partial charge in [0.2, 0.25) is 11.8 Å². The summed E-state index contributed by atoms with van der Waals surface area (Å²) in [6.45, 7) is 6.50. The molecule has 1 N–H and O–H groups in total. The minimum Gasteiger partial charge on any atom is -0.359 e.